The molecule has 1 aromatic heterocycles. The summed E-state index contributed by atoms with van der Waals surface area (Å²) in [6, 6.07) is 18.4. The molecular weight excluding hydrogens is 426 g/mol. The van der Waals surface area contributed by atoms with Crippen LogP contribution in [-0.2, 0) is 11.8 Å². The summed E-state index contributed by atoms with van der Waals surface area (Å²) in [5.41, 5.74) is 3.97. The zero-order valence-electron chi connectivity index (χ0n) is 19.3. The number of nitriles is 1. The first-order chi connectivity index (χ1) is 16.5. The first-order valence-electron chi connectivity index (χ1n) is 11.9. The quantitative estimate of drug-likeness (QED) is 0.609. The van der Waals surface area contributed by atoms with E-state index < -0.39 is 0 Å². The summed E-state index contributed by atoms with van der Waals surface area (Å²) in [5, 5.41) is 10.8. The molecule has 0 saturated carbocycles. The molecule has 0 atom stereocenters. The first-order valence-corrected chi connectivity index (χ1v) is 11.9. The van der Waals surface area contributed by atoms with Crippen LogP contribution >= 0.6 is 0 Å². The van der Waals surface area contributed by atoms with Gasteiger partial charge in [-0.2, -0.15) is 5.26 Å². The van der Waals surface area contributed by atoms with Crippen LogP contribution in [0.25, 0.3) is 10.9 Å². The number of fused-ring (bicyclic) bond motifs is 1. The van der Waals surface area contributed by atoms with Gasteiger partial charge in [-0.05, 0) is 43.2 Å². The van der Waals surface area contributed by atoms with E-state index in [9.17, 15) is 14.9 Å². The molecule has 1 amide bonds. The summed E-state index contributed by atoms with van der Waals surface area (Å²) >= 11 is 0. The number of aryl methyl sites for hydroxylation is 1. The van der Waals surface area contributed by atoms with Crippen molar-refractivity contribution in [3.8, 4) is 6.07 Å². The van der Waals surface area contributed by atoms with Crippen molar-refractivity contribution >= 4 is 33.9 Å². The van der Waals surface area contributed by atoms with Gasteiger partial charge in [-0.25, -0.2) is 0 Å². The molecule has 3 fully saturated rings. The predicted octanol–water partition coefficient (Wildman–Crippen LogP) is 3.25. The third-order valence-corrected chi connectivity index (χ3v) is 7.79. The lowest BCUT2D eigenvalue weighted by Crippen LogP contribution is -2.57. The van der Waals surface area contributed by atoms with Crippen LogP contribution in [0.5, 0.6) is 0 Å². The Hall–Kier alpha value is -3.79. The van der Waals surface area contributed by atoms with Gasteiger partial charge in [0.15, 0.2) is 0 Å². The van der Waals surface area contributed by atoms with Gasteiger partial charge in [0.25, 0.3) is 5.56 Å². The third-order valence-electron chi connectivity index (χ3n) is 7.79. The Morgan fingerprint density at radius 2 is 1.62 bits per heavy atom. The number of rotatable bonds is 3. The molecule has 6 rings (SSSR count). The van der Waals surface area contributed by atoms with Gasteiger partial charge in [-0.3, -0.25) is 9.59 Å². The smallest absolute Gasteiger partial charge is 0.270 e. The van der Waals surface area contributed by atoms with Crippen LogP contribution in [0.3, 0.4) is 0 Å². The topological polar surface area (TPSA) is 72.6 Å². The highest BCUT2D eigenvalue weighted by Crippen LogP contribution is 2.44. The summed E-state index contributed by atoms with van der Waals surface area (Å²) < 4.78 is 1.58. The van der Waals surface area contributed by atoms with Gasteiger partial charge in [0.2, 0.25) is 5.91 Å². The second-order valence-corrected chi connectivity index (χ2v) is 9.91. The molecule has 3 aliphatic rings. The van der Waals surface area contributed by atoms with Crippen LogP contribution in [0.1, 0.15) is 24.8 Å². The Balaban J connectivity index is 1.22. The molecule has 7 nitrogen and oxygen atoms in total. The number of hydrogen-bond donors (Lipinski definition) is 0. The monoisotopic (exact) mass is 453 g/mol. The minimum absolute atomic E-state index is 0.165. The SMILES string of the molecule is Cn1c(=O)c(C#N)c(N2CCC3(CN(c4ccc(N5CCCC5=O)cc4)C3)C2)c2ccccc21. The van der Waals surface area contributed by atoms with Crippen molar-refractivity contribution in [2.45, 2.75) is 19.3 Å². The van der Waals surface area contributed by atoms with Crippen molar-refractivity contribution in [1.82, 2.24) is 4.57 Å². The van der Waals surface area contributed by atoms with Gasteiger partial charge < -0.3 is 19.3 Å². The minimum Gasteiger partial charge on any atom is -0.370 e. The highest BCUT2D eigenvalue weighted by Gasteiger charge is 2.48. The van der Waals surface area contributed by atoms with Gasteiger partial charge in [0, 0.05) is 68.4 Å². The zero-order valence-corrected chi connectivity index (χ0v) is 19.3. The molecule has 3 saturated heterocycles. The van der Waals surface area contributed by atoms with Crippen molar-refractivity contribution in [2.24, 2.45) is 12.5 Å². The maximum Gasteiger partial charge on any atom is 0.270 e. The molecule has 0 N–H and O–H groups in total. The van der Waals surface area contributed by atoms with Gasteiger partial charge in [0.1, 0.15) is 11.6 Å². The van der Waals surface area contributed by atoms with E-state index in [1.807, 2.05) is 29.2 Å². The molecular formula is C27H27N5O2. The minimum atomic E-state index is -0.232. The van der Waals surface area contributed by atoms with E-state index in [4.69, 9.17) is 0 Å². The van der Waals surface area contributed by atoms with Crippen molar-refractivity contribution in [2.75, 3.05) is 47.4 Å². The zero-order chi connectivity index (χ0) is 23.4. The van der Waals surface area contributed by atoms with E-state index in [0.29, 0.717) is 6.42 Å². The molecule has 0 aliphatic carbocycles. The van der Waals surface area contributed by atoms with Crippen LogP contribution in [0, 0.1) is 16.7 Å². The largest absolute Gasteiger partial charge is 0.370 e. The standard InChI is InChI=1S/C27H27N5O2/c1-29-23-6-3-2-5-21(23)25(22(15-28)26(29)34)30-14-12-27(16-30)17-31(18-27)19-8-10-20(11-9-19)32-13-4-7-24(32)33/h2-3,5-6,8-11H,4,7,12-14,16-18H2,1H3. The number of benzene rings is 2. The third kappa shape index (κ3) is 3.09. The Bertz CT molecular complexity index is 1400. The molecule has 172 valence electrons. The molecule has 3 aliphatic heterocycles. The van der Waals surface area contributed by atoms with Gasteiger partial charge in [-0.15, -0.1) is 0 Å². The molecule has 0 bridgehead atoms. The fraction of sp³-hybridized carbons (Fsp3) is 0.370. The number of anilines is 3. The summed E-state index contributed by atoms with van der Waals surface area (Å²) in [6.07, 6.45) is 2.61. The fourth-order valence-corrected chi connectivity index (χ4v) is 6.00. The van der Waals surface area contributed by atoms with E-state index in [2.05, 4.69) is 40.1 Å². The number of amides is 1. The second kappa shape index (κ2) is 7.63. The lowest BCUT2D eigenvalue weighted by atomic mass is 9.78. The summed E-state index contributed by atoms with van der Waals surface area (Å²) in [7, 11) is 1.73. The Morgan fingerprint density at radius 3 is 2.32 bits per heavy atom. The Labute approximate surface area is 198 Å². The molecule has 3 aromatic rings. The summed E-state index contributed by atoms with van der Waals surface area (Å²) in [5.74, 6) is 0.210. The number of carbonyl (C=O) groups excluding carboxylic acids is 1. The highest BCUT2D eigenvalue weighted by molar-refractivity contribution is 5.96. The molecule has 0 unspecified atom stereocenters. The Morgan fingerprint density at radius 1 is 0.912 bits per heavy atom. The van der Waals surface area contributed by atoms with E-state index in [1.165, 1.54) is 5.69 Å². The molecule has 0 radical (unpaired) electrons. The van der Waals surface area contributed by atoms with Crippen LogP contribution in [0.2, 0.25) is 0 Å². The second-order valence-electron chi connectivity index (χ2n) is 9.91. The highest BCUT2D eigenvalue weighted by atomic mass is 16.2. The normalized spacial score (nSPS) is 19.2. The van der Waals surface area contributed by atoms with Crippen molar-refractivity contribution in [3.63, 3.8) is 0 Å². The molecule has 4 heterocycles. The lowest BCUT2D eigenvalue weighted by Gasteiger charge is -2.49. The van der Waals surface area contributed by atoms with E-state index in [1.54, 1.807) is 11.6 Å². The molecule has 1 spiro atoms. The number of nitrogens with zero attached hydrogens (tertiary/aromatic N) is 5. The average molecular weight is 454 g/mol. The van der Waals surface area contributed by atoms with Crippen molar-refractivity contribution < 1.29 is 4.79 Å². The van der Waals surface area contributed by atoms with Crippen molar-refractivity contribution in [3.05, 3.63) is 64.4 Å². The van der Waals surface area contributed by atoms with E-state index >= 15 is 0 Å². The van der Waals surface area contributed by atoms with Crippen molar-refractivity contribution in [1.29, 1.82) is 5.26 Å². The maximum atomic E-state index is 12.9. The maximum absolute atomic E-state index is 12.9. The van der Waals surface area contributed by atoms with Crippen LogP contribution in [0.15, 0.2) is 53.3 Å². The Kier molecular flexibility index (Phi) is 4.66. The predicted molar refractivity (Wildman–Crippen MR) is 133 cm³/mol. The van der Waals surface area contributed by atoms with E-state index in [0.717, 1.165) is 67.8 Å². The van der Waals surface area contributed by atoms with Gasteiger partial charge in [0.05, 0.1) is 11.2 Å². The molecule has 2 aromatic carbocycles. The number of aromatic nitrogens is 1. The van der Waals surface area contributed by atoms with Crippen LogP contribution in [0.4, 0.5) is 17.1 Å². The molecule has 34 heavy (non-hydrogen) atoms. The van der Waals surface area contributed by atoms with E-state index in [-0.39, 0.29) is 22.4 Å². The lowest BCUT2D eigenvalue weighted by molar-refractivity contribution is -0.117. The summed E-state index contributed by atoms with van der Waals surface area (Å²) in [6.45, 7) is 4.40. The number of pyridine rings is 1. The van der Waals surface area contributed by atoms with Crippen LogP contribution in [-0.4, -0.2) is 43.2 Å². The van der Waals surface area contributed by atoms with Gasteiger partial charge >= 0.3 is 0 Å². The van der Waals surface area contributed by atoms with Gasteiger partial charge in [-0.1, -0.05) is 18.2 Å². The molecule has 7 heteroatoms. The number of hydrogen-bond acceptors (Lipinski definition) is 5. The number of para-hydroxylation sites is 1. The summed E-state index contributed by atoms with van der Waals surface area (Å²) in [4.78, 5) is 31.4. The number of carbonyl (C=O) groups is 1. The fourth-order valence-electron chi connectivity index (χ4n) is 6.00. The van der Waals surface area contributed by atoms with Crippen LogP contribution < -0.4 is 20.3 Å². The first kappa shape index (κ1) is 20.8. The average Bonchev–Trinajstić information content (AvgIpc) is 3.47.